The van der Waals surface area contributed by atoms with E-state index >= 15 is 0 Å². The van der Waals surface area contributed by atoms with Gasteiger partial charge in [-0.25, -0.2) is 0 Å². The van der Waals surface area contributed by atoms with Crippen LogP contribution in [0.3, 0.4) is 0 Å². The molecule has 13 heavy (non-hydrogen) atoms. The number of unbranched alkanes of at least 4 members (excludes halogenated alkanes) is 1. The van der Waals surface area contributed by atoms with Gasteiger partial charge in [0.1, 0.15) is 0 Å². The number of hydrogen-bond acceptors (Lipinski definition) is 0. The van der Waals surface area contributed by atoms with Crippen LogP contribution < -0.4 is 0 Å². The maximum atomic E-state index is 5.68. The molecule has 0 amide bonds. The Morgan fingerprint density at radius 3 is 2.15 bits per heavy atom. The molecule has 0 aromatic heterocycles. The van der Waals surface area contributed by atoms with E-state index in [-0.39, 0.29) is 0 Å². The highest BCUT2D eigenvalue weighted by atomic mass is 35.5. The average Bonchev–Trinajstić information content (AvgIpc) is 1.97. The lowest BCUT2D eigenvalue weighted by Crippen LogP contribution is -2.04. The highest BCUT2D eigenvalue weighted by Crippen LogP contribution is 2.23. The molecule has 0 nitrogen and oxygen atoms in total. The van der Waals surface area contributed by atoms with Gasteiger partial charge in [0.15, 0.2) is 0 Å². The Morgan fingerprint density at radius 2 is 1.69 bits per heavy atom. The van der Waals surface area contributed by atoms with Crippen molar-refractivity contribution in [1.29, 1.82) is 0 Å². The number of rotatable bonds is 6. The molecule has 80 valence electrons. The standard InChI is InChI=1S/C12H25Cl/c1-11(8-10-13)7-5-6-9-12(2,3)4/h11H,5-10H2,1-4H3. The molecule has 0 aromatic rings. The molecule has 0 spiro atoms. The minimum atomic E-state index is 0.510. The third kappa shape index (κ3) is 10.2. The van der Waals surface area contributed by atoms with E-state index in [0.29, 0.717) is 5.41 Å². The molecule has 0 N–H and O–H groups in total. The van der Waals surface area contributed by atoms with Crippen LogP contribution in [0.2, 0.25) is 0 Å². The smallest absolute Gasteiger partial charge is 0.0225 e. The molecule has 0 radical (unpaired) electrons. The van der Waals surface area contributed by atoms with Gasteiger partial charge in [-0.3, -0.25) is 0 Å². The highest BCUT2D eigenvalue weighted by Gasteiger charge is 2.09. The summed E-state index contributed by atoms with van der Waals surface area (Å²) in [6.07, 6.45) is 6.62. The quantitative estimate of drug-likeness (QED) is 0.428. The fourth-order valence-electron chi connectivity index (χ4n) is 1.48. The molecule has 0 rings (SSSR count). The monoisotopic (exact) mass is 204 g/mol. The maximum absolute atomic E-state index is 5.68. The molecule has 1 atom stereocenters. The van der Waals surface area contributed by atoms with Crippen molar-refractivity contribution >= 4 is 11.6 Å². The Kier molecular flexibility index (Phi) is 6.85. The molecule has 0 fully saturated rings. The van der Waals surface area contributed by atoms with E-state index in [4.69, 9.17) is 11.6 Å². The van der Waals surface area contributed by atoms with Gasteiger partial charge >= 0.3 is 0 Å². The molecule has 0 aliphatic rings. The summed E-state index contributed by atoms with van der Waals surface area (Å²) in [4.78, 5) is 0. The number of hydrogen-bond donors (Lipinski definition) is 0. The number of halogens is 1. The Hall–Kier alpha value is 0.290. The van der Waals surface area contributed by atoms with E-state index in [9.17, 15) is 0 Å². The first-order valence-corrected chi connectivity index (χ1v) is 6.05. The Balaban J connectivity index is 3.25. The van der Waals surface area contributed by atoms with Crippen molar-refractivity contribution in [3.8, 4) is 0 Å². The fraction of sp³-hybridized carbons (Fsp3) is 1.00. The van der Waals surface area contributed by atoms with Crippen LogP contribution in [0.4, 0.5) is 0 Å². The lowest BCUT2D eigenvalue weighted by Gasteiger charge is -2.18. The SMILES string of the molecule is CC(CCCl)CCCCC(C)(C)C. The van der Waals surface area contributed by atoms with Crippen LogP contribution in [0.15, 0.2) is 0 Å². The molecule has 0 saturated carbocycles. The summed E-state index contributed by atoms with van der Waals surface area (Å²) >= 11 is 5.68. The van der Waals surface area contributed by atoms with Crippen molar-refractivity contribution in [2.75, 3.05) is 5.88 Å². The Morgan fingerprint density at radius 1 is 1.08 bits per heavy atom. The predicted octanol–water partition coefficient (Wildman–Crippen LogP) is 4.86. The largest absolute Gasteiger partial charge is 0.127 e. The van der Waals surface area contributed by atoms with Gasteiger partial charge < -0.3 is 0 Å². The maximum Gasteiger partial charge on any atom is 0.0225 e. The lowest BCUT2D eigenvalue weighted by molar-refractivity contribution is 0.348. The molecule has 0 heterocycles. The van der Waals surface area contributed by atoms with Gasteiger partial charge in [-0.2, -0.15) is 0 Å². The van der Waals surface area contributed by atoms with Crippen molar-refractivity contribution in [1.82, 2.24) is 0 Å². The molecular formula is C12H25Cl. The van der Waals surface area contributed by atoms with Crippen LogP contribution in [0.1, 0.15) is 59.8 Å². The van der Waals surface area contributed by atoms with Gasteiger partial charge in [0, 0.05) is 5.88 Å². The summed E-state index contributed by atoms with van der Waals surface area (Å²) < 4.78 is 0. The fourth-order valence-corrected chi connectivity index (χ4v) is 1.85. The first kappa shape index (κ1) is 13.3. The van der Waals surface area contributed by atoms with Gasteiger partial charge in [0.25, 0.3) is 0 Å². The second-order valence-electron chi connectivity index (χ2n) is 5.39. The van der Waals surface area contributed by atoms with Crippen molar-refractivity contribution < 1.29 is 0 Å². The minimum absolute atomic E-state index is 0.510. The zero-order valence-electron chi connectivity index (χ0n) is 9.70. The van der Waals surface area contributed by atoms with Crippen LogP contribution in [0.25, 0.3) is 0 Å². The molecule has 0 aliphatic heterocycles. The van der Waals surface area contributed by atoms with Crippen LogP contribution in [0.5, 0.6) is 0 Å². The number of alkyl halides is 1. The summed E-state index contributed by atoms with van der Waals surface area (Å²) in [6.45, 7) is 9.25. The third-order valence-electron chi connectivity index (χ3n) is 2.48. The topological polar surface area (TPSA) is 0 Å². The van der Waals surface area contributed by atoms with Crippen LogP contribution >= 0.6 is 11.6 Å². The van der Waals surface area contributed by atoms with Gasteiger partial charge in [-0.15, -0.1) is 11.6 Å². The van der Waals surface area contributed by atoms with Crippen molar-refractivity contribution in [2.45, 2.75) is 59.8 Å². The molecule has 1 unspecified atom stereocenters. The zero-order valence-corrected chi connectivity index (χ0v) is 10.5. The second-order valence-corrected chi connectivity index (χ2v) is 5.77. The summed E-state index contributed by atoms with van der Waals surface area (Å²) in [5.74, 6) is 1.64. The average molecular weight is 205 g/mol. The van der Waals surface area contributed by atoms with Crippen molar-refractivity contribution in [3.63, 3.8) is 0 Å². The summed E-state index contributed by atoms with van der Waals surface area (Å²) in [5.41, 5.74) is 0.510. The zero-order chi connectivity index (χ0) is 10.3. The summed E-state index contributed by atoms with van der Waals surface area (Å²) in [5, 5.41) is 0. The Bertz CT molecular complexity index is 113. The van der Waals surface area contributed by atoms with E-state index in [1.54, 1.807) is 0 Å². The van der Waals surface area contributed by atoms with E-state index in [1.165, 1.54) is 32.1 Å². The lowest BCUT2D eigenvalue weighted by atomic mass is 9.88. The first-order chi connectivity index (χ1) is 5.95. The minimum Gasteiger partial charge on any atom is -0.127 e. The van der Waals surface area contributed by atoms with Crippen LogP contribution in [-0.4, -0.2) is 5.88 Å². The van der Waals surface area contributed by atoms with Crippen molar-refractivity contribution in [2.24, 2.45) is 11.3 Å². The van der Waals surface area contributed by atoms with Gasteiger partial charge in [-0.1, -0.05) is 47.0 Å². The molecule has 1 heteroatoms. The van der Waals surface area contributed by atoms with E-state index in [0.717, 1.165) is 11.8 Å². The van der Waals surface area contributed by atoms with E-state index < -0.39 is 0 Å². The molecule has 0 aromatic carbocycles. The second kappa shape index (κ2) is 6.70. The van der Waals surface area contributed by atoms with Crippen LogP contribution in [-0.2, 0) is 0 Å². The van der Waals surface area contributed by atoms with E-state index in [2.05, 4.69) is 27.7 Å². The van der Waals surface area contributed by atoms with Gasteiger partial charge in [0.2, 0.25) is 0 Å². The molecule has 0 aliphatic carbocycles. The third-order valence-corrected chi connectivity index (χ3v) is 2.69. The predicted molar refractivity (Wildman–Crippen MR) is 62.4 cm³/mol. The summed E-state index contributed by atoms with van der Waals surface area (Å²) in [6, 6.07) is 0. The molecule has 0 bridgehead atoms. The van der Waals surface area contributed by atoms with Crippen molar-refractivity contribution in [3.05, 3.63) is 0 Å². The summed E-state index contributed by atoms with van der Waals surface area (Å²) in [7, 11) is 0. The first-order valence-electron chi connectivity index (χ1n) is 5.51. The highest BCUT2D eigenvalue weighted by molar-refractivity contribution is 6.17. The molecule has 0 saturated heterocycles. The van der Waals surface area contributed by atoms with E-state index in [1.807, 2.05) is 0 Å². The Labute approximate surface area is 89.1 Å². The van der Waals surface area contributed by atoms with Gasteiger partial charge in [0.05, 0.1) is 0 Å². The normalized spacial score (nSPS) is 14.5. The molecular weight excluding hydrogens is 180 g/mol. The van der Waals surface area contributed by atoms with Crippen LogP contribution in [0, 0.1) is 11.3 Å². The van der Waals surface area contributed by atoms with Gasteiger partial charge in [-0.05, 0) is 24.2 Å².